The van der Waals surface area contributed by atoms with Gasteiger partial charge in [0.25, 0.3) is 0 Å². The molecule has 4 rings (SSSR count). The summed E-state index contributed by atoms with van der Waals surface area (Å²) in [5, 5.41) is 23.1. The van der Waals surface area contributed by atoms with E-state index in [4.69, 9.17) is 4.74 Å². The number of benzene rings is 3. The minimum atomic E-state index is -1.29. The fourth-order valence-corrected chi connectivity index (χ4v) is 4.56. The molecular weight excluding hydrogens is 477 g/mol. The molecule has 0 fully saturated rings. The van der Waals surface area contributed by atoms with Crippen molar-refractivity contribution in [2.75, 3.05) is 13.2 Å². The average Bonchev–Trinajstić information content (AvgIpc) is 3.12. The van der Waals surface area contributed by atoms with Crippen molar-refractivity contribution in [2.45, 2.75) is 24.5 Å². The lowest BCUT2D eigenvalue weighted by Gasteiger charge is -2.20. The number of carbonyl (C=O) groups is 1. The van der Waals surface area contributed by atoms with Crippen LogP contribution in [0.1, 0.15) is 35.1 Å². The van der Waals surface area contributed by atoms with Crippen LogP contribution in [0.15, 0.2) is 71.2 Å². The van der Waals surface area contributed by atoms with Crippen LogP contribution in [0.25, 0.3) is 11.1 Å². The van der Waals surface area contributed by atoms with Gasteiger partial charge in [-0.3, -0.25) is 0 Å². The molecule has 1 aliphatic carbocycles. The molecule has 0 bridgehead atoms. The van der Waals surface area contributed by atoms with Gasteiger partial charge in [0.05, 0.1) is 6.10 Å². The van der Waals surface area contributed by atoms with Gasteiger partial charge in [-0.05, 0) is 46.9 Å². The molecular formula is C25H23BrFNO4. The topological polar surface area (TPSA) is 78.8 Å². The number of halogens is 2. The number of aliphatic hydroxyl groups excluding tert-OH is 2. The second-order valence-corrected chi connectivity index (χ2v) is 8.57. The Morgan fingerprint density at radius 1 is 1.03 bits per heavy atom. The summed E-state index contributed by atoms with van der Waals surface area (Å²) >= 11 is 3.24. The van der Waals surface area contributed by atoms with Gasteiger partial charge in [-0.25, -0.2) is 9.18 Å². The SMILES string of the molecule is O=C(NCCC(O)C(O)c1cc(F)ccc1Br)OCC1c2ccccc2-c2ccccc21. The van der Waals surface area contributed by atoms with Crippen LogP contribution in [0.5, 0.6) is 0 Å². The standard InChI is InChI=1S/C25H23BrFNO4/c26-22-10-9-15(27)13-20(22)24(30)23(29)11-12-28-25(31)32-14-21-18-7-3-1-5-16(18)17-6-2-4-8-19(17)21/h1-10,13,21,23-24,29-30H,11-12,14H2,(H,28,31). The van der Waals surface area contributed by atoms with Gasteiger partial charge in [0.1, 0.15) is 18.5 Å². The third-order valence-electron chi connectivity index (χ3n) is 5.69. The van der Waals surface area contributed by atoms with E-state index in [-0.39, 0.29) is 31.1 Å². The normalized spacial score (nSPS) is 14.4. The first-order valence-corrected chi connectivity index (χ1v) is 11.1. The fourth-order valence-electron chi connectivity index (χ4n) is 4.08. The van der Waals surface area contributed by atoms with Crippen LogP contribution in [-0.2, 0) is 4.74 Å². The number of carbonyl (C=O) groups excluding carboxylic acids is 1. The van der Waals surface area contributed by atoms with E-state index in [0.29, 0.717) is 4.47 Å². The second-order valence-electron chi connectivity index (χ2n) is 7.72. The maximum Gasteiger partial charge on any atom is 0.407 e. The van der Waals surface area contributed by atoms with Gasteiger partial charge in [0.15, 0.2) is 0 Å². The molecule has 1 aliphatic rings. The van der Waals surface area contributed by atoms with Crippen LogP contribution in [-0.4, -0.2) is 35.6 Å². The number of alkyl carbamates (subject to hydrolysis) is 1. The highest BCUT2D eigenvalue weighted by Crippen LogP contribution is 2.44. The molecule has 7 heteroatoms. The van der Waals surface area contributed by atoms with E-state index in [1.165, 1.54) is 12.1 Å². The number of fused-ring (bicyclic) bond motifs is 3. The van der Waals surface area contributed by atoms with Crippen LogP contribution >= 0.6 is 15.9 Å². The molecule has 2 unspecified atom stereocenters. The van der Waals surface area contributed by atoms with Crippen LogP contribution in [0.4, 0.5) is 9.18 Å². The van der Waals surface area contributed by atoms with Crippen LogP contribution < -0.4 is 5.32 Å². The van der Waals surface area contributed by atoms with Crippen molar-refractivity contribution >= 4 is 22.0 Å². The number of hydrogen-bond donors (Lipinski definition) is 3. The zero-order chi connectivity index (χ0) is 22.7. The highest BCUT2D eigenvalue weighted by atomic mass is 79.9. The number of amides is 1. The first-order valence-electron chi connectivity index (χ1n) is 10.4. The van der Waals surface area contributed by atoms with Crippen LogP contribution in [0.3, 0.4) is 0 Å². The van der Waals surface area contributed by atoms with Gasteiger partial charge >= 0.3 is 6.09 Å². The van der Waals surface area contributed by atoms with Crippen molar-refractivity contribution in [2.24, 2.45) is 0 Å². The van der Waals surface area contributed by atoms with Gasteiger partial charge in [0, 0.05) is 22.5 Å². The van der Waals surface area contributed by atoms with Gasteiger partial charge in [-0.2, -0.15) is 0 Å². The first kappa shape index (κ1) is 22.5. The summed E-state index contributed by atoms with van der Waals surface area (Å²) in [6.45, 7) is 0.295. The van der Waals surface area contributed by atoms with Crippen molar-refractivity contribution in [3.05, 3.63) is 93.7 Å². The number of rotatable bonds is 7. The molecule has 0 radical (unpaired) electrons. The molecule has 3 N–H and O–H groups in total. The van der Waals surface area contributed by atoms with Crippen molar-refractivity contribution < 1.29 is 24.1 Å². The highest BCUT2D eigenvalue weighted by molar-refractivity contribution is 9.10. The van der Waals surface area contributed by atoms with E-state index in [0.717, 1.165) is 28.3 Å². The van der Waals surface area contributed by atoms with Crippen molar-refractivity contribution in [1.82, 2.24) is 5.32 Å². The largest absolute Gasteiger partial charge is 0.449 e. The maximum absolute atomic E-state index is 13.4. The minimum absolute atomic E-state index is 0.0362. The zero-order valence-electron chi connectivity index (χ0n) is 17.2. The Labute approximate surface area is 194 Å². The molecule has 32 heavy (non-hydrogen) atoms. The monoisotopic (exact) mass is 499 g/mol. The lowest BCUT2D eigenvalue weighted by atomic mass is 9.98. The Morgan fingerprint density at radius 2 is 1.66 bits per heavy atom. The molecule has 0 aliphatic heterocycles. The predicted octanol–water partition coefficient (Wildman–Crippen LogP) is 4.91. The molecule has 0 aromatic heterocycles. The van der Waals surface area contributed by atoms with Gasteiger partial charge in [-0.15, -0.1) is 0 Å². The Kier molecular flexibility index (Phi) is 6.89. The first-order chi connectivity index (χ1) is 15.5. The molecule has 0 saturated heterocycles. The third-order valence-corrected chi connectivity index (χ3v) is 6.42. The molecule has 2 atom stereocenters. The molecule has 0 saturated carbocycles. The molecule has 1 amide bonds. The van der Waals surface area contributed by atoms with Gasteiger partial charge in [0.2, 0.25) is 0 Å². The zero-order valence-corrected chi connectivity index (χ0v) is 18.8. The highest BCUT2D eigenvalue weighted by Gasteiger charge is 2.29. The second kappa shape index (κ2) is 9.81. The molecule has 3 aromatic rings. The Morgan fingerprint density at radius 3 is 2.31 bits per heavy atom. The van der Waals surface area contributed by atoms with E-state index < -0.39 is 24.1 Å². The Hall–Kier alpha value is -2.74. The predicted molar refractivity (Wildman–Crippen MR) is 123 cm³/mol. The number of hydrogen-bond acceptors (Lipinski definition) is 4. The maximum atomic E-state index is 13.4. The lowest BCUT2D eigenvalue weighted by molar-refractivity contribution is 0.0131. The van der Waals surface area contributed by atoms with Gasteiger partial charge in [-0.1, -0.05) is 64.5 Å². The quantitative estimate of drug-likeness (QED) is 0.431. The minimum Gasteiger partial charge on any atom is -0.449 e. The summed E-state index contributed by atoms with van der Waals surface area (Å²) in [5.41, 5.74) is 4.80. The number of ether oxygens (including phenoxy) is 1. The van der Waals surface area contributed by atoms with Crippen LogP contribution in [0.2, 0.25) is 0 Å². The number of nitrogens with one attached hydrogen (secondary N) is 1. The molecule has 0 spiro atoms. The van der Waals surface area contributed by atoms with E-state index >= 15 is 0 Å². The van der Waals surface area contributed by atoms with E-state index in [1.54, 1.807) is 0 Å². The molecule has 5 nitrogen and oxygen atoms in total. The lowest BCUT2D eigenvalue weighted by Crippen LogP contribution is -2.30. The Balaban J connectivity index is 1.29. The molecule has 0 heterocycles. The van der Waals surface area contributed by atoms with E-state index in [9.17, 15) is 19.4 Å². The third kappa shape index (κ3) is 4.70. The van der Waals surface area contributed by atoms with Crippen molar-refractivity contribution in [1.29, 1.82) is 0 Å². The summed E-state index contributed by atoms with van der Waals surface area (Å²) in [7, 11) is 0. The summed E-state index contributed by atoms with van der Waals surface area (Å²) in [4.78, 5) is 12.2. The van der Waals surface area contributed by atoms with E-state index in [1.807, 2.05) is 36.4 Å². The molecule has 3 aromatic carbocycles. The van der Waals surface area contributed by atoms with Crippen molar-refractivity contribution in [3.63, 3.8) is 0 Å². The smallest absolute Gasteiger partial charge is 0.407 e. The average molecular weight is 500 g/mol. The summed E-state index contributed by atoms with van der Waals surface area (Å²) in [6.07, 6.45) is -2.99. The van der Waals surface area contributed by atoms with Gasteiger partial charge < -0.3 is 20.3 Å². The molecule has 166 valence electrons. The summed E-state index contributed by atoms with van der Waals surface area (Å²) in [5.74, 6) is -0.544. The van der Waals surface area contributed by atoms with Crippen molar-refractivity contribution in [3.8, 4) is 11.1 Å². The van der Waals surface area contributed by atoms with E-state index in [2.05, 4.69) is 33.4 Å². The summed E-state index contributed by atoms with van der Waals surface area (Å²) < 4.78 is 19.4. The fraction of sp³-hybridized carbons (Fsp3) is 0.240. The van der Waals surface area contributed by atoms with Crippen LogP contribution in [0, 0.1) is 5.82 Å². The Bertz CT molecular complexity index is 1080. The number of aliphatic hydroxyl groups is 2. The summed E-state index contributed by atoms with van der Waals surface area (Å²) in [6, 6.07) is 20.0.